The molecule has 1 amide bonds. The van der Waals surface area contributed by atoms with E-state index in [2.05, 4.69) is 26.4 Å². The Morgan fingerprint density at radius 2 is 2.00 bits per heavy atom. The Labute approximate surface area is 180 Å². The van der Waals surface area contributed by atoms with Gasteiger partial charge >= 0.3 is 5.97 Å². The first-order chi connectivity index (χ1) is 14.1. The van der Waals surface area contributed by atoms with Gasteiger partial charge in [0.2, 0.25) is 0 Å². The fourth-order valence-corrected chi connectivity index (χ4v) is 4.91. The zero-order valence-corrected chi connectivity index (χ0v) is 18.2. The van der Waals surface area contributed by atoms with Crippen LogP contribution in [0.3, 0.4) is 0 Å². The maximum Gasteiger partial charge on any atom is 0.341 e. The second kappa shape index (κ2) is 8.51. The second-order valence-electron chi connectivity index (χ2n) is 6.67. The smallest absolute Gasteiger partial charge is 0.341 e. The molecule has 0 spiro atoms. The minimum Gasteiger partial charge on any atom is -0.462 e. The van der Waals surface area contributed by atoms with Gasteiger partial charge in [-0.15, -0.1) is 11.3 Å². The molecule has 4 rings (SSSR count). The molecule has 1 aliphatic rings. The molecule has 6 nitrogen and oxygen atoms in total. The Balaban J connectivity index is 1.59. The van der Waals surface area contributed by atoms with Crippen molar-refractivity contribution < 1.29 is 18.8 Å². The molecular weight excluding hydrogens is 456 g/mol. The van der Waals surface area contributed by atoms with Crippen LogP contribution >= 0.6 is 27.3 Å². The molecule has 0 radical (unpaired) electrons. The van der Waals surface area contributed by atoms with Crippen LogP contribution in [0.15, 0.2) is 39.3 Å². The molecule has 0 saturated heterocycles. The number of thiophene rings is 1. The number of aryl methyl sites for hydroxylation is 1. The fraction of sp³-hybridized carbons (Fsp3) is 0.286. The third kappa shape index (κ3) is 4.13. The maximum atomic E-state index is 12.8. The minimum atomic E-state index is -0.416. The molecular formula is C21H19BrN2O4S. The van der Waals surface area contributed by atoms with Gasteiger partial charge in [-0.1, -0.05) is 33.2 Å². The number of benzene rings is 1. The van der Waals surface area contributed by atoms with Gasteiger partial charge in [-0.25, -0.2) is 4.79 Å². The van der Waals surface area contributed by atoms with Crippen molar-refractivity contribution >= 4 is 44.1 Å². The molecule has 1 aliphatic carbocycles. The van der Waals surface area contributed by atoms with E-state index in [4.69, 9.17) is 9.26 Å². The van der Waals surface area contributed by atoms with E-state index in [9.17, 15) is 9.59 Å². The van der Waals surface area contributed by atoms with Crippen LogP contribution in [0.5, 0.6) is 0 Å². The molecule has 1 N–H and O–H groups in total. The van der Waals surface area contributed by atoms with Crippen LogP contribution in [0.1, 0.15) is 51.1 Å². The summed E-state index contributed by atoms with van der Waals surface area (Å²) >= 11 is 4.84. The van der Waals surface area contributed by atoms with Crippen LogP contribution in [-0.2, 0) is 17.6 Å². The number of hydrogen-bond donors (Lipinski definition) is 1. The van der Waals surface area contributed by atoms with Gasteiger partial charge in [0.1, 0.15) is 5.00 Å². The summed E-state index contributed by atoms with van der Waals surface area (Å²) in [6.07, 6.45) is 3.86. The quantitative estimate of drug-likeness (QED) is 0.495. The Hall–Kier alpha value is -2.45. The molecule has 2 aromatic heterocycles. The first-order valence-electron chi connectivity index (χ1n) is 9.42. The number of anilines is 1. The number of amides is 1. The van der Waals surface area contributed by atoms with Crippen molar-refractivity contribution in [1.82, 2.24) is 5.16 Å². The second-order valence-corrected chi connectivity index (χ2v) is 8.69. The highest BCUT2D eigenvalue weighted by molar-refractivity contribution is 9.10. The lowest BCUT2D eigenvalue weighted by atomic mass is 9.95. The van der Waals surface area contributed by atoms with Crippen LogP contribution < -0.4 is 5.32 Å². The predicted octanol–water partition coefficient (Wildman–Crippen LogP) is 5.47. The first kappa shape index (κ1) is 19.8. The van der Waals surface area contributed by atoms with E-state index < -0.39 is 11.9 Å². The van der Waals surface area contributed by atoms with Crippen LogP contribution in [0, 0.1) is 0 Å². The number of nitrogens with zero attached hydrogens (tertiary/aromatic N) is 1. The largest absolute Gasteiger partial charge is 0.462 e. The van der Waals surface area contributed by atoms with Gasteiger partial charge in [-0.05, 0) is 50.3 Å². The third-order valence-electron chi connectivity index (χ3n) is 4.75. The van der Waals surface area contributed by atoms with Gasteiger partial charge in [-0.2, -0.15) is 0 Å². The summed E-state index contributed by atoms with van der Waals surface area (Å²) in [6, 6.07) is 9.12. The average Bonchev–Trinajstić information content (AvgIpc) is 3.33. The Bertz CT molecular complexity index is 1060. The van der Waals surface area contributed by atoms with Crippen molar-refractivity contribution in [3.05, 3.63) is 56.5 Å². The maximum absolute atomic E-state index is 12.8. The Kier molecular flexibility index (Phi) is 5.82. The summed E-state index contributed by atoms with van der Waals surface area (Å²) in [4.78, 5) is 26.4. The fourth-order valence-electron chi connectivity index (χ4n) is 3.37. The molecule has 0 atom stereocenters. The Morgan fingerprint density at radius 1 is 1.24 bits per heavy atom. The number of hydrogen-bond acceptors (Lipinski definition) is 6. The summed E-state index contributed by atoms with van der Waals surface area (Å²) in [5.41, 5.74) is 2.46. The number of carbonyl (C=O) groups is 2. The number of ether oxygens (including phenoxy) is 1. The third-order valence-corrected chi connectivity index (χ3v) is 6.49. The normalized spacial score (nSPS) is 13.0. The highest BCUT2D eigenvalue weighted by Crippen LogP contribution is 2.39. The number of nitrogens with one attached hydrogen (secondary N) is 1. The lowest BCUT2D eigenvalue weighted by Gasteiger charge is -2.12. The zero-order chi connectivity index (χ0) is 20.4. The van der Waals surface area contributed by atoms with Gasteiger partial charge in [0, 0.05) is 21.0 Å². The van der Waals surface area contributed by atoms with Gasteiger partial charge in [0.25, 0.3) is 5.91 Å². The molecule has 1 aromatic carbocycles. The standard InChI is InChI=1S/C21H19BrN2O4S/c1-2-27-21(26)18-14-5-3-4-6-17(14)29-20(18)23-19(25)15-11-16(28-24-15)12-7-9-13(22)10-8-12/h7-11H,2-6H2,1H3,(H,23,25). The minimum absolute atomic E-state index is 0.157. The summed E-state index contributed by atoms with van der Waals surface area (Å²) in [5.74, 6) is -0.307. The number of rotatable bonds is 5. The van der Waals surface area contributed by atoms with Gasteiger partial charge in [0.05, 0.1) is 12.2 Å². The number of esters is 1. The van der Waals surface area contributed by atoms with Gasteiger partial charge in [0.15, 0.2) is 11.5 Å². The lowest BCUT2D eigenvalue weighted by molar-refractivity contribution is 0.0526. The highest BCUT2D eigenvalue weighted by Gasteiger charge is 2.28. The molecule has 8 heteroatoms. The first-order valence-corrected chi connectivity index (χ1v) is 11.0. The molecule has 0 saturated carbocycles. The summed E-state index contributed by atoms with van der Waals surface area (Å²) in [5, 5.41) is 7.26. The van der Waals surface area contributed by atoms with E-state index in [1.54, 1.807) is 13.0 Å². The molecule has 0 bridgehead atoms. The van der Waals surface area contributed by atoms with Crippen molar-refractivity contribution in [1.29, 1.82) is 0 Å². The molecule has 0 aliphatic heterocycles. The Morgan fingerprint density at radius 3 is 2.76 bits per heavy atom. The number of halogens is 1. The van der Waals surface area contributed by atoms with Crippen LogP contribution in [0.2, 0.25) is 0 Å². The van der Waals surface area contributed by atoms with Crippen molar-refractivity contribution in [2.75, 3.05) is 11.9 Å². The molecule has 29 heavy (non-hydrogen) atoms. The van der Waals surface area contributed by atoms with Crippen molar-refractivity contribution in [2.45, 2.75) is 32.6 Å². The predicted molar refractivity (Wildman–Crippen MR) is 115 cm³/mol. The van der Waals surface area contributed by atoms with E-state index in [0.29, 0.717) is 16.3 Å². The van der Waals surface area contributed by atoms with E-state index in [-0.39, 0.29) is 12.3 Å². The molecule has 0 unspecified atom stereocenters. The van der Waals surface area contributed by atoms with Crippen molar-refractivity contribution in [3.63, 3.8) is 0 Å². The molecule has 2 heterocycles. The lowest BCUT2D eigenvalue weighted by Crippen LogP contribution is -2.16. The van der Waals surface area contributed by atoms with E-state index in [1.807, 2.05) is 24.3 Å². The zero-order valence-electron chi connectivity index (χ0n) is 15.8. The summed E-state index contributed by atoms with van der Waals surface area (Å²) < 4.78 is 11.5. The van der Waals surface area contributed by atoms with Gasteiger partial charge in [-0.3, -0.25) is 4.79 Å². The van der Waals surface area contributed by atoms with Crippen LogP contribution in [-0.4, -0.2) is 23.6 Å². The SMILES string of the molecule is CCOC(=O)c1c(NC(=O)c2cc(-c3ccc(Br)cc3)on2)sc2c1CCCC2. The van der Waals surface area contributed by atoms with E-state index >= 15 is 0 Å². The monoisotopic (exact) mass is 474 g/mol. The number of fused-ring (bicyclic) bond motifs is 1. The topological polar surface area (TPSA) is 81.4 Å². The molecule has 3 aromatic rings. The van der Waals surface area contributed by atoms with Gasteiger partial charge < -0.3 is 14.6 Å². The summed E-state index contributed by atoms with van der Waals surface area (Å²) in [7, 11) is 0. The van der Waals surface area contributed by atoms with E-state index in [1.165, 1.54) is 11.3 Å². The molecule has 150 valence electrons. The number of aromatic nitrogens is 1. The average molecular weight is 475 g/mol. The molecule has 0 fully saturated rings. The summed E-state index contributed by atoms with van der Waals surface area (Å²) in [6.45, 7) is 2.06. The van der Waals surface area contributed by atoms with Crippen LogP contribution in [0.25, 0.3) is 11.3 Å². The van der Waals surface area contributed by atoms with E-state index in [0.717, 1.165) is 46.2 Å². The van der Waals surface area contributed by atoms with Crippen molar-refractivity contribution in [2.24, 2.45) is 0 Å². The number of carbonyl (C=O) groups excluding carboxylic acids is 2. The van der Waals surface area contributed by atoms with Crippen LogP contribution in [0.4, 0.5) is 5.00 Å². The highest BCUT2D eigenvalue weighted by atomic mass is 79.9. The van der Waals surface area contributed by atoms with Crippen molar-refractivity contribution in [3.8, 4) is 11.3 Å².